The van der Waals surface area contributed by atoms with Gasteiger partial charge in [-0.15, -0.1) is 0 Å². The maximum Gasteiger partial charge on any atom is 0.138 e. The van der Waals surface area contributed by atoms with Crippen LogP contribution in [0.4, 0.5) is 0 Å². The van der Waals surface area contributed by atoms with Crippen LogP contribution in [-0.4, -0.2) is 21.3 Å². The van der Waals surface area contributed by atoms with E-state index in [2.05, 4.69) is 22.3 Å². The lowest BCUT2D eigenvalue weighted by Crippen LogP contribution is -2.14. The first-order valence-corrected chi connectivity index (χ1v) is 6.97. The molecule has 0 saturated heterocycles. The van der Waals surface area contributed by atoms with Gasteiger partial charge in [0.1, 0.15) is 12.4 Å². The molecule has 0 fully saturated rings. The normalized spacial score (nSPS) is 10.8. The van der Waals surface area contributed by atoms with Crippen molar-refractivity contribution in [1.82, 2.24) is 20.1 Å². The summed E-state index contributed by atoms with van der Waals surface area (Å²) in [5.41, 5.74) is 3.08. The van der Waals surface area contributed by atoms with E-state index < -0.39 is 0 Å². The number of hydrogen-bond acceptors (Lipinski definition) is 4. The molecule has 1 N–H and O–H groups in total. The Hall–Kier alpha value is -1.88. The van der Waals surface area contributed by atoms with Gasteiger partial charge in [-0.05, 0) is 38.1 Å². The van der Waals surface area contributed by atoms with Crippen LogP contribution in [0.15, 0.2) is 24.4 Å². The van der Waals surface area contributed by atoms with Crippen LogP contribution in [0.3, 0.4) is 0 Å². The molecule has 0 radical (unpaired) electrons. The molecule has 0 aliphatic heterocycles. The molecular formula is C15H22N4O. The zero-order valence-corrected chi connectivity index (χ0v) is 12.4. The minimum Gasteiger partial charge on any atom is -0.486 e. The quantitative estimate of drug-likeness (QED) is 0.786. The third-order valence-electron chi connectivity index (χ3n) is 3.02. The summed E-state index contributed by atoms with van der Waals surface area (Å²) < 4.78 is 7.56. The van der Waals surface area contributed by atoms with Gasteiger partial charge >= 0.3 is 0 Å². The van der Waals surface area contributed by atoms with Crippen molar-refractivity contribution < 1.29 is 4.74 Å². The Labute approximate surface area is 120 Å². The lowest BCUT2D eigenvalue weighted by atomic mass is 10.3. The summed E-state index contributed by atoms with van der Waals surface area (Å²) in [7, 11) is 1.92. The highest BCUT2D eigenvalue weighted by Gasteiger charge is 2.03. The second kappa shape index (κ2) is 7.05. The number of hydrogen-bond donors (Lipinski definition) is 1. The number of aromatic nitrogens is 3. The lowest BCUT2D eigenvalue weighted by Gasteiger charge is -2.07. The number of rotatable bonds is 7. The standard InChI is InChI=1S/C15H22N4O/c1-4-7-16-9-13-5-6-15(10-17-13)20-11-14-8-12(2)18-19(14)3/h5-6,8,10,16H,4,7,9,11H2,1-3H3. The van der Waals surface area contributed by atoms with Crippen molar-refractivity contribution >= 4 is 0 Å². The Morgan fingerprint density at radius 3 is 2.80 bits per heavy atom. The summed E-state index contributed by atoms with van der Waals surface area (Å²) in [6.07, 6.45) is 2.90. The Balaban J connectivity index is 1.86. The number of pyridine rings is 1. The number of nitrogens with zero attached hydrogens (tertiary/aromatic N) is 3. The highest BCUT2D eigenvalue weighted by molar-refractivity contribution is 5.20. The van der Waals surface area contributed by atoms with Crippen molar-refractivity contribution in [2.75, 3.05) is 6.54 Å². The highest BCUT2D eigenvalue weighted by atomic mass is 16.5. The summed E-state index contributed by atoms with van der Waals surface area (Å²) in [6.45, 7) is 6.45. The summed E-state index contributed by atoms with van der Waals surface area (Å²) in [6, 6.07) is 5.97. The van der Waals surface area contributed by atoms with E-state index in [1.807, 2.05) is 36.9 Å². The molecule has 5 heteroatoms. The summed E-state index contributed by atoms with van der Waals surface area (Å²) in [4.78, 5) is 4.38. The molecular weight excluding hydrogens is 252 g/mol. The zero-order chi connectivity index (χ0) is 14.4. The molecule has 108 valence electrons. The molecule has 2 aromatic rings. The first kappa shape index (κ1) is 14.5. The Morgan fingerprint density at radius 2 is 2.20 bits per heavy atom. The van der Waals surface area contributed by atoms with Crippen molar-refractivity contribution in [3.63, 3.8) is 0 Å². The zero-order valence-electron chi connectivity index (χ0n) is 12.4. The van der Waals surface area contributed by atoms with Crippen molar-refractivity contribution in [2.45, 2.75) is 33.4 Å². The van der Waals surface area contributed by atoms with Crippen LogP contribution < -0.4 is 10.1 Å². The molecule has 0 amide bonds. The topological polar surface area (TPSA) is 52.0 Å². The lowest BCUT2D eigenvalue weighted by molar-refractivity contribution is 0.293. The van der Waals surface area contributed by atoms with Gasteiger partial charge in [-0.25, -0.2) is 0 Å². The minimum absolute atomic E-state index is 0.506. The first-order chi connectivity index (χ1) is 9.69. The maximum absolute atomic E-state index is 5.72. The second-order valence-electron chi connectivity index (χ2n) is 4.85. The Kier molecular flexibility index (Phi) is 5.12. The summed E-state index contributed by atoms with van der Waals surface area (Å²) >= 11 is 0. The van der Waals surface area contributed by atoms with E-state index in [9.17, 15) is 0 Å². The third kappa shape index (κ3) is 4.06. The van der Waals surface area contributed by atoms with Crippen LogP contribution in [0.1, 0.15) is 30.4 Å². The monoisotopic (exact) mass is 274 g/mol. The third-order valence-corrected chi connectivity index (χ3v) is 3.02. The molecule has 20 heavy (non-hydrogen) atoms. The van der Waals surface area contributed by atoms with Gasteiger partial charge in [0.2, 0.25) is 0 Å². The predicted molar refractivity (Wildman–Crippen MR) is 78.5 cm³/mol. The summed E-state index contributed by atoms with van der Waals surface area (Å²) in [5, 5.41) is 7.62. The SMILES string of the molecule is CCCNCc1ccc(OCc2cc(C)nn2C)cn1. The molecule has 0 saturated carbocycles. The molecule has 5 nitrogen and oxygen atoms in total. The van der Waals surface area contributed by atoms with E-state index in [1.165, 1.54) is 0 Å². The molecule has 0 bridgehead atoms. The van der Waals surface area contributed by atoms with E-state index >= 15 is 0 Å². The van der Waals surface area contributed by atoms with Crippen LogP contribution in [0, 0.1) is 6.92 Å². The van der Waals surface area contributed by atoms with Crippen molar-refractivity contribution in [3.8, 4) is 5.75 Å². The fourth-order valence-corrected chi connectivity index (χ4v) is 1.95. The van der Waals surface area contributed by atoms with Gasteiger partial charge in [-0.1, -0.05) is 6.92 Å². The van der Waals surface area contributed by atoms with Crippen LogP contribution in [-0.2, 0) is 20.2 Å². The average molecular weight is 274 g/mol. The molecule has 2 heterocycles. The fourth-order valence-electron chi connectivity index (χ4n) is 1.95. The van der Waals surface area contributed by atoms with Gasteiger partial charge < -0.3 is 10.1 Å². The van der Waals surface area contributed by atoms with Gasteiger partial charge in [0.15, 0.2) is 0 Å². The van der Waals surface area contributed by atoms with E-state index in [1.54, 1.807) is 6.20 Å². The second-order valence-corrected chi connectivity index (χ2v) is 4.85. The van der Waals surface area contributed by atoms with Crippen molar-refractivity contribution in [2.24, 2.45) is 7.05 Å². The van der Waals surface area contributed by atoms with Gasteiger partial charge in [0.05, 0.1) is 23.3 Å². The van der Waals surface area contributed by atoms with Crippen molar-refractivity contribution in [1.29, 1.82) is 0 Å². The predicted octanol–water partition coefficient (Wildman–Crippen LogP) is 2.20. The first-order valence-electron chi connectivity index (χ1n) is 6.97. The van der Waals surface area contributed by atoms with Crippen LogP contribution in [0.5, 0.6) is 5.75 Å². The van der Waals surface area contributed by atoms with E-state index in [4.69, 9.17) is 4.74 Å². The Morgan fingerprint density at radius 1 is 1.35 bits per heavy atom. The van der Waals surface area contributed by atoms with E-state index in [0.29, 0.717) is 6.61 Å². The number of nitrogens with one attached hydrogen (secondary N) is 1. The van der Waals surface area contributed by atoms with Crippen LogP contribution >= 0.6 is 0 Å². The Bertz CT molecular complexity index is 533. The van der Waals surface area contributed by atoms with Crippen molar-refractivity contribution in [3.05, 3.63) is 41.5 Å². The largest absolute Gasteiger partial charge is 0.486 e. The van der Waals surface area contributed by atoms with Gasteiger partial charge in [0.25, 0.3) is 0 Å². The molecule has 0 unspecified atom stereocenters. The minimum atomic E-state index is 0.506. The van der Waals surface area contributed by atoms with Gasteiger partial charge in [-0.2, -0.15) is 5.10 Å². The molecule has 0 aromatic carbocycles. The molecule has 0 aliphatic rings. The average Bonchev–Trinajstić information content (AvgIpc) is 2.76. The smallest absolute Gasteiger partial charge is 0.138 e. The van der Waals surface area contributed by atoms with E-state index in [0.717, 1.165) is 42.3 Å². The van der Waals surface area contributed by atoms with Gasteiger partial charge in [0, 0.05) is 13.6 Å². The number of aryl methyl sites for hydroxylation is 2. The van der Waals surface area contributed by atoms with Crippen LogP contribution in [0.2, 0.25) is 0 Å². The molecule has 0 spiro atoms. The highest BCUT2D eigenvalue weighted by Crippen LogP contribution is 2.12. The molecule has 2 aromatic heterocycles. The molecule has 2 rings (SSSR count). The summed E-state index contributed by atoms with van der Waals surface area (Å²) in [5.74, 6) is 0.781. The fraction of sp³-hybridized carbons (Fsp3) is 0.467. The maximum atomic E-state index is 5.72. The molecule has 0 aliphatic carbocycles. The van der Waals surface area contributed by atoms with E-state index in [-0.39, 0.29) is 0 Å². The van der Waals surface area contributed by atoms with Gasteiger partial charge in [-0.3, -0.25) is 9.67 Å². The molecule has 0 atom stereocenters. The van der Waals surface area contributed by atoms with Crippen LogP contribution in [0.25, 0.3) is 0 Å². The number of ether oxygens (including phenoxy) is 1.